The van der Waals surface area contributed by atoms with E-state index in [4.69, 9.17) is 5.11 Å². The summed E-state index contributed by atoms with van der Waals surface area (Å²) in [5.74, 6) is -1.15. The molecule has 2 N–H and O–H groups in total. The first-order valence-electron chi connectivity index (χ1n) is 8.01. The highest BCUT2D eigenvalue weighted by Crippen LogP contribution is 2.34. The summed E-state index contributed by atoms with van der Waals surface area (Å²) in [6, 6.07) is 12.8. The molecule has 1 heterocycles. The van der Waals surface area contributed by atoms with E-state index < -0.39 is 5.97 Å². The van der Waals surface area contributed by atoms with Crippen molar-refractivity contribution in [1.82, 2.24) is 4.90 Å². The van der Waals surface area contributed by atoms with E-state index in [2.05, 4.69) is 11.6 Å². The Hall–Kier alpha value is -3.32. The highest BCUT2D eigenvalue weighted by atomic mass is 32.2. The molecule has 1 aliphatic rings. The van der Waals surface area contributed by atoms with Crippen LogP contribution < -0.4 is 0 Å². The number of nitrogens with zero attached hydrogens (tertiary/aromatic N) is 2. The molecular weight excluding hydrogens is 364 g/mol. The molecule has 3 rings (SSSR count). The second-order valence-corrected chi connectivity index (χ2v) is 6.67. The number of hydrogen-bond donors (Lipinski definition) is 2. The van der Waals surface area contributed by atoms with Gasteiger partial charge in [-0.05, 0) is 53.7 Å². The summed E-state index contributed by atoms with van der Waals surface area (Å²) in [7, 11) is 0. The van der Waals surface area contributed by atoms with Crippen molar-refractivity contribution in [3.63, 3.8) is 0 Å². The van der Waals surface area contributed by atoms with Crippen LogP contribution in [0.15, 0.2) is 71.1 Å². The lowest BCUT2D eigenvalue weighted by Gasteiger charge is -2.12. The van der Waals surface area contributed by atoms with Gasteiger partial charge >= 0.3 is 5.97 Å². The maximum absolute atomic E-state index is 12.7. The second-order valence-electron chi connectivity index (χ2n) is 5.66. The van der Waals surface area contributed by atoms with Gasteiger partial charge in [0.25, 0.3) is 5.91 Å². The number of phenolic OH excluding ortho intramolecular Hbond substituents is 1. The van der Waals surface area contributed by atoms with E-state index in [1.54, 1.807) is 48.6 Å². The van der Waals surface area contributed by atoms with Gasteiger partial charge in [-0.15, -0.1) is 6.58 Å². The van der Waals surface area contributed by atoms with Crippen molar-refractivity contribution in [1.29, 1.82) is 0 Å². The van der Waals surface area contributed by atoms with E-state index in [1.165, 1.54) is 28.8 Å². The van der Waals surface area contributed by atoms with Gasteiger partial charge in [0.2, 0.25) is 0 Å². The van der Waals surface area contributed by atoms with Crippen molar-refractivity contribution >= 4 is 40.6 Å². The quantitative estimate of drug-likeness (QED) is 0.607. The molecule has 1 aliphatic heterocycles. The summed E-state index contributed by atoms with van der Waals surface area (Å²) in [6.07, 6.45) is 3.28. The fraction of sp³-hybridized carbons (Fsp3) is 0.0500. The van der Waals surface area contributed by atoms with E-state index in [0.717, 1.165) is 0 Å². The normalized spacial score (nSPS) is 16.9. The minimum absolute atomic E-state index is 0.113. The Balaban J connectivity index is 1.97. The van der Waals surface area contributed by atoms with Crippen LogP contribution in [0.1, 0.15) is 15.9 Å². The molecule has 136 valence electrons. The molecular formula is C20H16N2O4S. The number of benzene rings is 2. The molecule has 1 saturated heterocycles. The van der Waals surface area contributed by atoms with Crippen LogP contribution in [0.4, 0.5) is 5.69 Å². The summed E-state index contributed by atoms with van der Waals surface area (Å²) in [5, 5.41) is 19.1. The first-order valence-corrected chi connectivity index (χ1v) is 8.83. The van der Waals surface area contributed by atoms with Crippen molar-refractivity contribution in [3.8, 4) is 5.75 Å². The van der Waals surface area contributed by atoms with E-state index >= 15 is 0 Å². The molecule has 2 aromatic rings. The van der Waals surface area contributed by atoms with Crippen molar-refractivity contribution in [3.05, 3.63) is 77.2 Å². The largest absolute Gasteiger partial charge is 0.508 e. The van der Waals surface area contributed by atoms with E-state index in [-0.39, 0.29) is 23.8 Å². The Kier molecular flexibility index (Phi) is 5.42. The smallest absolute Gasteiger partial charge is 0.335 e. The zero-order chi connectivity index (χ0) is 19.4. The van der Waals surface area contributed by atoms with Crippen molar-refractivity contribution < 1.29 is 19.8 Å². The Morgan fingerprint density at radius 3 is 2.70 bits per heavy atom. The summed E-state index contributed by atoms with van der Waals surface area (Å²) < 4.78 is 0. The molecule has 0 radical (unpaired) electrons. The zero-order valence-electron chi connectivity index (χ0n) is 14.2. The molecule has 7 heteroatoms. The van der Waals surface area contributed by atoms with Crippen molar-refractivity contribution in [2.24, 2.45) is 4.99 Å². The van der Waals surface area contributed by atoms with Crippen molar-refractivity contribution in [2.75, 3.05) is 6.54 Å². The summed E-state index contributed by atoms with van der Waals surface area (Å²) in [4.78, 5) is 30.2. The molecule has 0 unspecified atom stereocenters. The topological polar surface area (TPSA) is 90.2 Å². The molecule has 0 atom stereocenters. The number of thioether (sulfide) groups is 1. The van der Waals surface area contributed by atoms with Crippen LogP contribution in [0.25, 0.3) is 6.08 Å². The fourth-order valence-corrected chi connectivity index (χ4v) is 3.47. The van der Waals surface area contributed by atoms with Crippen LogP contribution >= 0.6 is 11.8 Å². The minimum Gasteiger partial charge on any atom is -0.508 e. The molecule has 1 fully saturated rings. The number of aromatic carboxylic acids is 1. The number of carboxylic acid groups (broad SMARTS) is 1. The zero-order valence-corrected chi connectivity index (χ0v) is 15.0. The van der Waals surface area contributed by atoms with Crippen LogP contribution in [-0.2, 0) is 4.79 Å². The van der Waals surface area contributed by atoms with Crippen LogP contribution in [-0.4, -0.2) is 38.7 Å². The SMILES string of the molecule is C=CCN1C(=O)/C(=C/c2cccc(O)c2)SC1=Nc1cccc(C(=O)O)c1. The lowest BCUT2D eigenvalue weighted by molar-refractivity contribution is -0.121. The van der Waals surface area contributed by atoms with Crippen LogP contribution in [0.2, 0.25) is 0 Å². The van der Waals surface area contributed by atoms with E-state index in [9.17, 15) is 14.7 Å². The fourth-order valence-electron chi connectivity index (χ4n) is 2.47. The molecule has 2 aromatic carbocycles. The van der Waals surface area contributed by atoms with E-state index in [0.29, 0.717) is 21.3 Å². The number of carboxylic acids is 1. The van der Waals surface area contributed by atoms with Gasteiger partial charge in [-0.3, -0.25) is 9.69 Å². The lowest BCUT2D eigenvalue weighted by Crippen LogP contribution is -2.29. The number of amidine groups is 1. The molecule has 6 nitrogen and oxygen atoms in total. The predicted octanol–water partition coefficient (Wildman–Crippen LogP) is 3.88. The molecule has 1 amide bonds. The molecule has 0 saturated carbocycles. The Bertz CT molecular complexity index is 981. The third-order valence-electron chi connectivity index (χ3n) is 3.69. The maximum Gasteiger partial charge on any atom is 0.335 e. The standard InChI is InChI=1S/C20H16N2O4S/c1-2-9-22-18(24)17(11-13-5-3-8-16(23)10-13)27-20(22)21-15-7-4-6-14(12-15)19(25)26/h2-8,10-12,23H,1,9H2,(H,25,26)/b17-11-,21-20?. The molecule has 0 spiro atoms. The minimum atomic E-state index is -1.04. The Labute approximate surface area is 160 Å². The molecule has 27 heavy (non-hydrogen) atoms. The van der Waals surface area contributed by atoms with Crippen LogP contribution in [0.5, 0.6) is 5.75 Å². The maximum atomic E-state index is 12.7. The van der Waals surface area contributed by atoms with Gasteiger partial charge in [0.1, 0.15) is 5.75 Å². The summed E-state index contributed by atoms with van der Waals surface area (Å²) in [6.45, 7) is 3.95. The first-order chi connectivity index (χ1) is 13.0. The number of carbonyl (C=O) groups is 2. The van der Waals surface area contributed by atoms with Gasteiger partial charge in [-0.1, -0.05) is 24.3 Å². The Morgan fingerprint density at radius 2 is 2.00 bits per heavy atom. The van der Waals surface area contributed by atoms with E-state index in [1.807, 2.05) is 0 Å². The van der Waals surface area contributed by atoms with Gasteiger partial charge < -0.3 is 10.2 Å². The number of hydrogen-bond acceptors (Lipinski definition) is 5. The molecule has 0 aromatic heterocycles. The summed E-state index contributed by atoms with van der Waals surface area (Å²) >= 11 is 1.19. The number of carbonyl (C=O) groups excluding carboxylic acids is 1. The van der Waals surface area contributed by atoms with Gasteiger partial charge in [-0.25, -0.2) is 9.79 Å². The number of phenols is 1. The third kappa shape index (κ3) is 4.27. The monoisotopic (exact) mass is 380 g/mol. The van der Waals surface area contributed by atoms with Crippen LogP contribution in [0.3, 0.4) is 0 Å². The predicted molar refractivity (Wildman–Crippen MR) is 106 cm³/mol. The lowest BCUT2D eigenvalue weighted by atomic mass is 10.2. The number of aromatic hydroxyl groups is 1. The second kappa shape index (κ2) is 7.92. The summed E-state index contributed by atoms with van der Waals surface area (Å²) in [5.41, 5.74) is 1.26. The first kappa shape index (κ1) is 18.5. The Morgan fingerprint density at radius 1 is 1.22 bits per heavy atom. The highest BCUT2D eigenvalue weighted by molar-refractivity contribution is 8.18. The van der Waals surface area contributed by atoms with Gasteiger partial charge in [0.05, 0.1) is 16.2 Å². The average Bonchev–Trinajstić information content (AvgIpc) is 2.91. The van der Waals surface area contributed by atoms with Crippen molar-refractivity contribution in [2.45, 2.75) is 0 Å². The average molecular weight is 380 g/mol. The highest BCUT2D eigenvalue weighted by Gasteiger charge is 2.32. The van der Waals surface area contributed by atoms with Gasteiger partial charge in [0.15, 0.2) is 5.17 Å². The third-order valence-corrected chi connectivity index (χ3v) is 4.69. The van der Waals surface area contributed by atoms with Gasteiger partial charge in [0, 0.05) is 6.54 Å². The van der Waals surface area contributed by atoms with Gasteiger partial charge in [-0.2, -0.15) is 0 Å². The molecule has 0 aliphatic carbocycles. The number of aliphatic imine (C=N–C) groups is 1. The number of amides is 1. The molecule has 0 bridgehead atoms. The number of rotatable bonds is 5. The van der Waals surface area contributed by atoms with Crippen LogP contribution in [0, 0.1) is 0 Å².